The number of rotatable bonds is 5. The van der Waals surface area contributed by atoms with Gasteiger partial charge < -0.3 is 5.32 Å². The molecule has 0 saturated carbocycles. The first-order valence-electron chi connectivity index (χ1n) is 6.88. The van der Waals surface area contributed by atoms with Crippen LogP contribution in [0.5, 0.6) is 0 Å². The molecule has 0 radical (unpaired) electrons. The Labute approximate surface area is 133 Å². The zero-order chi connectivity index (χ0) is 15.4. The van der Waals surface area contributed by atoms with Crippen molar-refractivity contribution in [3.05, 3.63) is 44.6 Å². The summed E-state index contributed by atoms with van der Waals surface area (Å²) in [4.78, 5) is 21.9. The number of hydrogen-bond acceptors (Lipinski definition) is 4. The van der Waals surface area contributed by atoms with E-state index in [1.54, 1.807) is 23.5 Å². The maximum Gasteiger partial charge on any atom is 0.251 e. The second kappa shape index (κ2) is 7.00. The van der Waals surface area contributed by atoms with Crippen LogP contribution < -0.4 is 5.32 Å². The van der Waals surface area contributed by atoms with Crippen molar-refractivity contribution in [1.82, 2.24) is 15.3 Å². The Balaban J connectivity index is 2.06. The third-order valence-corrected chi connectivity index (χ3v) is 4.35. The monoisotopic (exact) mass is 323 g/mol. The topological polar surface area (TPSA) is 54.9 Å². The molecule has 0 aliphatic carbocycles. The molecule has 0 fully saturated rings. The molecule has 21 heavy (non-hydrogen) atoms. The van der Waals surface area contributed by atoms with E-state index in [0.717, 1.165) is 17.1 Å². The van der Waals surface area contributed by atoms with Gasteiger partial charge in [-0.2, -0.15) is 0 Å². The Morgan fingerprint density at radius 1 is 1.43 bits per heavy atom. The molecular weight excluding hydrogens is 306 g/mol. The molecule has 0 spiro atoms. The molecule has 2 heterocycles. The SMILES string of the molecule is CCc1cnc(CNC(=O)c2cc(Cl)nc(C(C)C)c2)s1. The predicted octanol–water partition coefficient (Wildman–Crippen LogP) is 3.81. The summed E-state index contributed by atoms with van der Waals surface area (Å²) in [5.74, 6) is 0.0655. The van der Waals surface area contributed by atoms with Crippen LogP contribution in [0, 0.1) is 0 Å². The molecule has 1 amide bonds. The summed E-state index contributed by atoms with van der Waals surface area (Å²) >= 11 is 7.59. The van der Waals surface area contributed by atoms with Gasteiger partial charge >= 0.3 is 0 Å². The van der Waals surface area contributed by atoms with Crippen LogP contribution in [0.2, 0.25) is 5.15 Å². The van der Waals surface area contributed by atoms with Gasteiger partial charge in [0.2, 0.25) is 0 Å². The second-order valence-corrected chi connectivity index (χ2v) is 6.60. The lowest BCUT2D eigenvalue weighted by molar-refractivity contribution is 0.0950. The highest BCUT2D eigenvalue weighted by molar-refractivity contribution is 7.11. The average Bonchev–Trinajstić information content (AvgIpc) is 2.92. The van der Waals surface area contributed by atoms with Crippen molar-refractivity contribution in [2.75, 3.05) is 0 Å². The van der Waals surface area contributed by atoms with Crippen molar-refractivity contribution in [2.24, 2.45) is 0 Å². The van der Waals surface area contributed by atoms with Gasteiger partial charge in [0, 0.05) is 22.3 Å². The second-order valence-electron chi connectivity index (χ2n) is 5.01. The number of pyridine rings is 1. The van der Waals surface area contributed by atoms with E-state index in [-0.39, 0.29) is 11.8 Å². The minimum Gasteiger partial charge on any atom is -0.346 e. The smallest absolute Gasteiger partial charge is 0.251 e. The predicted molar refractivity (Wildman–Crippen MR) is 86.0 cm³/mol. The van der Waals surface area contributed by atoms with E-state index in [2.05, 4.69) is 22.2 Å². The van der Waals surface area contributed by atoms with Gasteiger partial charge in [-0.05, 0) is 24.5 Å². The summed E-state index contributed by atoms with van der Waals surface area (Å²) in [6.45, 7) is 6.55. The summed E-state index contributed by atoms with van der Waals surface area (Å²) in [6, 6.07) is 3.37. The van der Waals surface area contributed by atoms with Gasteiger partial charge in [-0.1, -0.05) is 32.4 Å². The molecule has 0 aliphatic heterocycles. The van der Waals surface area contributed by atoms with Crippen molar-refractivity contribution >= 4 is 28.8 Å². The molecule has 2 aromatic rings. The number of carbonyl (C=O) groups is 1. The molecule has 1 N–H and O–H groups in total. The lowest BCUT2D eigenvalue weighted by atomic mass is 10.1. The number of halogens is 1. The van der Waals surface area contributed by atoms with Crippen LogP contribution in [0.4, 0.5) is 0 Å². The summed E-state index contributed by atoms with van der Waals surface area (Å²) in [5, 5.41) is 4.12. The van der Waals surface area contributed by atoms with Gasteiger partial charge in [0.15, 0.2) is 0 Å². The van der Waals surface area contributed by atoms with Crippen LogP contribution in [0.25, 0.3) is 0 Å². The number of hydrogen-bond donors (Lipinski definition) is 1. The summed E-state index contributed by atoms with van der Waals surface area (Å²) in [7, 11) is 0. The normalized spacial score (nSPS) is 10.9. The molecule has 6 heteroatoms. The van der Waals surface area contributed by atoms with Crippen molar-refractivity contribution in [3.8, 4) is 0 Å². The first-order chi connectivity index (χ1) is 9.99. The largest absolute Gasteiger partial charge is 0.346 e. The quantitative estimate of drug-likeness (QED) is 0.851. The number of nitrogens with zero attached hydrogens (tertiary/aromatic N) is 2. The van der Waals surface area contributed by atoms with Gasteiger partial charge in [0.05, 0.1) is 6.54 Å². The molecule has 112 valence electrons. The van der Waals surface area contributed by atoms with Gasteiger partial charge in [0.25, 0.3) is 5.91 Å². The molecule has 2 rings (SSSR count). The van der Waals surface area contributed by atoms with E-state index in [1.165, 1.54) is 4.88 Å². The van der Waals surface area contributed by atoms with Gasteiger partial charge in [-0.25, -0.2) is 9.97 Å². The number of thiazole rings is 1. The number of aromatic nitrogens is 2. The van der Waals surface area contributed by atoms with E-state index >= 15 is 0 Å². The average molecular weight is 324 g/mol. The van der Waals surface area contributed by atoms with Crippen molar-refractivity contribution in [3.63, 3.8) is 0 Å². The molecule has 0 aliphatic rings. The first-order valence-corrected chi connectivity index (χ1v) is 8.08. The van der Waals surface area contributed by atoms with Crippen molar-refractivity contribution in [2.45, 2.75) is 39.7 Å². The Hall–Kier alpha value is -1.46. The van der Waals surface area contributed by atoms with E-state index in [0.29, 0.717) is 17.3 Å². The summed E-state index contributed by atoms with van der Waals surface area (Å²) in [6.07, 6.45) is 2.82. The van der Waals surface area contributed by atoms with Crippen LogP contribution in [0.3, 0.4) is 0 Å². The zero-order valence-electron chi connectivity index (χ0n) is 12.3. The van der Waals surface area contributed by atoms with Crippen LogP contribution in [0.15, 0.2) is 18.3 Å². The van der Waals surface area contributed by atoms with Gasteiger partial charge in [-0.3, -0.25) is 4.79 Å². The molecule has 2 aromatic heterocycles. The van der Waals surface area contributed by atoms with Crippen LogP contribution in [-0.2, 0) is 13.0 Å². The van der Waals surface area contributed by atoms with E-state index < -0.39 is 0 Å². The van der Waals surface area contributed by atoms with Crippen molar-refractivity contribution in [1.29, 1.82) is 0 Å². The number of amides is 1. The van der Waals surface area contributed by atoms with Crippen LogP contribution >= 0.6 is 22.9 Å². The van der Waals surface area contributed by atoms with Crippen LogP contribution in [0.1, 0.15) is 52.6 Å². The highest BCUT2D eigenvalue weighted by Crippen LogP contribution is 2.18. The number of carbonyl (C=O) groups excluding carboxylic acids is 1. The lowest BCUT2D eigenvalue weighted by Crippen LogP contribution is -2.23. The maximum atomic E-state index is 12.2. The summed E-state index contributed by atoms with van der Waals surface area (Å²) < 4.78 is 0. The lowest BCUT2D eigenvalue weighted by Gasteiger charge is -2.08. The minimum atomic E-state index is -0.158. The fourth-order valence-corrected chi connectivity index (χ4v) is 2.81. The minimum absolute atomic E-state index is 0.158. The third-order valence-electron chi connectivity index (χ3n) is 3.02. The molecular formula is C15H18ClN3OS. The highest BCUT2D eigenvalue weighted by atomic mass is 35.5. The fourth-order valence-electron chi connectivity index (χ4n) is 1.80. The van der Waals surface area contributed by atoms with Gasteiger partial charge in [-0.15, -0.1) is 11.3 Å². The molecule has 0 saturated heterocycles. The molecule has 4 nitrogen and oxygen atoms in total. The Kier molecular flexibility index (Phi) is 5.31. The first kappa shape index (κ1) is 15.9. The number of nitrogens with one attached hydrogen (secondary N) is 1. The van der Waals surface area contributed by atoms with Crippen LogP contribution in [-0.4, -0.2) is 15.9 Å². The summed E-state index contributed by atoms with van der Waals surface area (Å²) in [5.41, 5.74) is 1.35. The third kappa shape index (κ3) is 4.25. The molecule has 0 unspecified atom stereocenters. The Bertz CT molecular complexity index is 640. The van der Waals surface area contributed by atoms with E-state index in [1.807, 2.05) is 20.0 Å². The van der Waals surface area contributed by atoms with E-state index in [9.17, 15) is 4.79 Å². The fraction of sp³-hybridized carbons (Fsp3) is 0.400. The van der Waals surface area contributed by atoms with Crippen molar-refractivity contribution < 1.29 is 4.79 Å². The highest BCUT2D eigenvalue weighted by Gasteiger charge is 2.11. The van der Waals surface area contributed by atoms with Gasteiger partial charge in [0.1, 0.15) is 10.2 Å². The number of aryl methyl sites for hydroxylation is 1. The maximum absolute atomic E-state index is 12.2. The van der Waals surface area contributed by atoms with E-state index in [4.69, 9.17) is 11.6 Å². The molecule has 0 bridgehead atoms. The Morgan fingerprint density at radius 2 is 2.19 bits per heavy atom. The Morgan fingerprint density at radius 3 is 2.81 bits per heavy atom. The standard InChI is InChI=1S/C15H18ClN3OS/c1-4-11-7-17-14(21-11)8-18-15(20)10-5-12(9(2)3)19-13(16)6-10/h5-7,9H,4,8H2,1-3H3,(H,18,20). The molecule has 0 aromatic carbocycles. The molecule has 0 atom stereocenters. The zero-order valence-corrected chi connectivity index (χ0v) is 13.9.